The summed E-state index contributed by atoms with van der Waals surface area (Å²) in [5, 5.41) is 6.44. The minimum Gasteiger partial charge on any atom is -0.493 e. The molecule has 0 atom stereocenters. The third kappa shape index (κ3) is 4.44. The average molecular weight is 490 g/mol. The first-order valence-electron chi connectivity index (χ1n) is 11.7. The largest absolute Gasteiger partial charge is 0.493 e. The molecule has 4 aromatic rings. The molecule has 1 saturated heterocycles. The molecule has 0 radical (unpaired) electrons. The molecule has 2 aromatic heterocycles. The Labute approximate surface area is 206 Å². The first-order valence-corrected chi connectivity index (χ1v) is 12.6. The Morgan fingerprint density at radius 2 is 1.94 bits per heavy atom. The number of fused-ring (bicyclic) bond motifs is 1. The third-order valence-corrected chi connectivity index (χ3v) is 7.28. The van der Waals surface area contributed by atoms with E-state index in [1.165, 1.54) is 34.6 Å². The molecular formula is C26H24FN5O2S. The number of ether oxygens (including phenoxy) is 1. The monoisotopic (exact) mass is 489 g/mol. The SMILES string of the molecule is O=C(c1nc(-c2cccs2)n(-c2cccc(F)c2)n1)N1CCN(Cc2ccc3c(c2)CCO3)CC1. The molecule has 0 spiro atoms. The molecule has 7 nitrogen and oxygen atoms in total. The fourth-order valence-electron chi connectivity index (χ4n) is 4.60. The molecule has 35 heavy (non-hydrogen) atoms. The zero-order valence-electron chi connectivity index (χ0n) is 19.1. The summed E-state index contributed by atoms with van der Waals surface area (Å²) in [4.78, 5) is 22.9. The maximum Gasteiger partial charge on any atom is 0.293 e. The van der Waals surface area contributed by atoms with Gasteiger partial charge in [0.05, 0.1) is 17.2 Å². The van der Waals surface area contributed by atoms with Crippen LogP contribution in [0, 0.1) is 5.82 Å². The van der Waals surface area contributed by atoms with E-state index < -0.39 is 0 Å². The van der Waals surface area contributed by atoms with Crippen LogP contribution >= 0.6 is 11.3 Å². The second-order valence-electron chi connectivity index (χ2n) is 8.74. The van der Waals surface area contributed by atoms with E-state index in [1.807, 2.05) is 17.5 Å². The lowest BCUT2D eigenvalue weighted by molar-refractivity contribution is 0.0616. The van der Waals surface area contributed by atoms with Gasteiger partial charge in [0.25, 0.3) is 5.91 Å². The van der Waals surface area contributed by atoms with Crippen LogP contribution in [-0.2, 0) is 13.0 Å². The molecule has 178 valence electrons. The minimum atomic E-state index is -0.366. The molecule has 0 bridgehead atoms. The van der Waals surface area contributed by atoms with E-state index >= 15 is 0 Å². The molecule has 2 aliphatic rings. The average Bonchev–Trinajstić information content (AvgIpc) is 3.64. The zero-order valence-corrected chi connectivity index (χ0v) is 19.9. The van der Waals surface area contributed by atoms with Crippen molar-refractivity contribution in [1.29, 1.82) is 0 Å². The van der Waals surface area contributed by atoms with Crippen molar-refractivity contribution < 1.29 is 13.9 Å². The summed E-state index contributed by atoms with van der Waals surface area (Å²) in [6.07, 6.45) is 0.966. The number of piperazine rings is 1. The second kappa shape index (κ2) is 9.24. The summed E-state index contributed by atoms with van der Waals surface area (Å²) in [7, 11) is 0. The fraction of sp³-hybridized carbons (Fsp3) is 0.269. The van der Waals surface area contributed by atoms with Crippen molar-refractivity contribution >= 4 is 17.2 Å². The lowest BCUT2D eigenvalue weighted by Gasteiger charge is -2.34. The van der Waals surface area contributed by atoms with Crippen molar-refractivity contribution in [2.24, 2.45) is 0 Å². The molecule has 1 fully saturated rings. The van der Waals surface area contributed by atoms with Crippen LogP contribution in [0.1, 0.15) is 21.7 Å². The number of amides is 1. The smallest absolute Gasteiger partial charge is 0.293 e. The normalized spacial score (nSPS) is 15.7. The van der Waals surface area contributed by atoms with E-state index in [1.54, 1.807) is 21.7 Å². The Kier molecular flexibility index (Phi) is 5.79. The fourth-order valence-corrected chi connectivity index (χ4v) is 5.30. The lowest BCUT2D eigenvalue weighted by Crippen LogP contribution is -2.48. The van der Waals surface area contributed by atoms with Crippen LogP contribution in [0.15, 0.2) is 60.0 Å². The summed E-state index contributed by atoms with van der Waals surface area (Å²) in [6.45, 7) is 4.38. The topological polar surface area (TPSA) is 63.5 Å². The first-order chi connectivity index (χ1) is 17.1. The molecule has 9 heteroatoms. The highest BCUT2D eigenvalue weighted by atomic mass is 32.1. The predicted molar refractivity (Wildman–Crippen MR) is 131 cm³/mol. The number of benzene rings is 2. The van der Waals surface area contributed by atoms with Crippen LogP contribution in [0.5, 0.6) is 5.75 Å². The Hall–Kier alpha value is -3.56. The molecule has 2 aromatic carbocycles. The van der Waals surface area contributed by atoms with Gasteiger partial charge < -0.3 is 9.64 Å². The van der Waals surface area contributed by atoms with Crippen molar-refractivity contribution in [2.45, 2.75) is 13.0 Å². The number of hydrogen-bond donors (Lipinski definition) is 0. The Morgan fingerprint density at radius 3 is 2.74 bits per heavy atom. The van der Waals surface area contributed by atoms with Crippen LogP contribution in [0.2, 0.25) is 0 Å². The Morgan fingerprint density at radius 1 is 1.06 bits per heavy atom. The van der Waals surface area contributed by atoms with E-state index in [9.17, 15) is 9.18 Å². The summed E-state index contributed by atoms with van der Waals surface area (Å²) in [6, 6.07) is 16.4. The van der Waals surface area contributed by atoms with Gasteiger partial charge in [0.1, 0.15) is 11.6 Å². The van der Waals surface area contributed by atoms with Crippen molar-refractivity contribution in [3.63, 3.8) is 0 Å². The van der Waals surface area contributed by atoms with Gasteiger partial charge in [-0.25, -0.2) is 14.1 Å². The summed E-state index contributed by atoms with van der Waals surface area (Å²) >= 11 is 1.50. The maximum absolute atomic E-state index is 13.9. The number of aromatic nitrogens is 3. The van der Waals surface area contributed by atoms with Gasteiger partial charge in [-0.2, -0.15) is 0 Å². The van der Waals surface area contributed by atoms with E-state index in [2.05, 4.69) is 33.2 Å². The van der Waals surface area contributed by atoms with Crippen LogP contribution < -0.4 is 4.74 Å². The standard InChI is InChI=1S/C26H24FN5O2S/c27-20-3-1-4-21(16-20)32-25(23-5-2-14-35-23)28-24(29-32)26(33)31-11-9-30(10-12-31)17-18-6-7-22-19(15-18)8-13-34-22/h1-7,14-16H,8-13,17H2. The maximum atomic E-state index is 13.9. The molecular weight excluding hydrogens is 465 g/mol. The molecule has 0 N–H and O–H groups in total. The van der Waals surface area contributed by atoms with E-state index in [0.29, 0.717) is 24.6 Å². The zero-order chi connectivity index (χ0) is 23.8. The van der Waals surface area contributed by atoms with Gasteiger partial charge in [-0.1, -0.05) is 24.3 Å². The van der Waals surface area contributed by atoms with E-state index in [-0.39, 0.29) is 17.5 Å². The minimum absolute atomic E-state index is 0.129. The van der Waals surface area contributed by atoms with Crippen molar-refractivity contribution in [3.05, 3.63) is 82.7 Å². The van der Waals surface area contributed by atoms with Gasteiger partial charge in [0.2, 0.25) is 5.82 Å². The molecule has 6 rings (SSSR count). The molecule has 2 aliphatic heterocycles. The van der Waals surface area contributed by atoms with Gasteiger partial charge in [0.15, 0.2) is 5.82 Å². The van der Waals surface area contributed by atoms with Gasteiger partial charge in [-0.3, -0.25) is 9.69 Å². The molecule has 0 aliphatic carbocycles. The second-order valence-corrected chi connectivity index (χ2v) is 9.68. The molecule has 4 heterocycles. The van der Waals surface area contributed by atoms with Crippen LogP contribution in [0.25, 0.3) is 16.4 Å². The Bertz CT molecular complexity index is 1360. The third-order valence-electron chi connectivity index (χ3n) is 6.41. The summed E-state index contributed by atoms with van der Waals surface area (Å²) in [5.41, 5.74) is 3.08. The highest BCUT2D eigenvalue weighted by Gasteiger charge is 2.27. The summed E-state index contributed by atoms with van der Waals surface area (Å²) in [5.74, 6) is 1.09. The molecule has 0 saturated carbocycles. The number of rotatable bonds is 5. The van der Waals surface area contributed by atoms with Gasteiger partial charge in [-0.05, 0) is 46.8 Å². The molecule has 0 unspecified atom stereocenters. The highest BCUT2D eigenvalue weighted by Crippen LogP contribution is 2.28. The quantitative estimate of drug-likeness (QED) is 0.424. The predicted octanol–water partition coefficient (Wildman–Crippen LogP) is 4.03. The van der Waals surface area contributed by atoms with Crippen molar-refractivity contribution in [3.8, 4) is 22.1 Å². The lowest BCUT2D eigenvalue weighted by atomic mass is 10.1. The highest BCUT2D eigenvalue weighted by molar-refractivity contribution is 7.13. The number of carbonyl (C=O) groups excluding carboxylic acids is 1. The van der Waals surface area contributed by atoms with Crippen LogP contribution in [0.3, 0.4) is 0 Å². The summed E-state index contributed by atoms with van der Waals surface area (Å²) < 4.78 is 21.1. The van der Waals surface area contributed by atoms with Gasteiger partial charge in [0, 0.05) is 39.1 Å². The number of hydrogen-bond acceptors (Lipinski definition) is 6. The first kappa shape index (κ1) is 21.9. The van der Waals surface area contributed by atoms with Crippen LogP contribution in [0.4, 0.5) is 4.39 Å². The van der Waals surface area contributed by atoms with Gasteiger partial charge >= 0.3 is 0 Å². The van der Waals surface area contributed by atoms with Crippen LogP contribution in [-0.4, -0.2) is 63.3 Å². The number of nitrogens with zero attached hydrogens (tertiary/aromatic N) is 5. The number of carbonyl (C=O) groups is 1. The number of thiophene rings is 1. The van der Waals surface area contributed by atoms with E-state index in [4.69, 9.17) is 4.74 Å². The van der Waals surface area contributed by atoms with Crippen molar-refractivity contribution in [2.75, 3.05) is 32.8 Å². The number of halogens is 1. The van der Waals surface area contributed by atoms with E-state index in [0.717, 1.165) is 43.3 Å². The van der Waals surface area contributed by atoms with Crippen molar-refractivity contribution in [1.82, 2.24) is 24.6 Å². The Balaban J connectivity index is 1.17. The molecule has 1 amide bonds. The van der Waals surface area contributed by atoms with Gasteiger partial charge in [-0.15, -0.1) is 16.4 Å².